The number of carboxylic acids is 1. The molecule has 2 aromatic carbocycles. The highest BCUT2D eigenvalue weighted by molar-refractivity contribution is 6.30. The summed E-state index contributed by atoms with van der Waals surface area (Å²) in [6, 6.07) is 9.93. The molecule has 0 bridgehead atoms. The van der Waals surface area contributed by atoms with Crippen LogP contribution < -0.4 is 15.0 Å². The van der Waals surface area contributed by atoms with Crippen molar-refractivity contribution in [1.29, 1.82) is 0 Å². The minimum atomic E-state index is -0.859. The molecular weight excluding hydrogens is 694 g/mol. The van der Waals surface area contributed by atoms with Crippen LogP contribution >= 0.6 is 11.6 Å². The maximum atomic E-state index is 14.0. The molecule has 1 aliphatic carbocycles. The van der Waals surface area contributed by atoms with Gasteiger partial charge < -0.3 is 20.1 Å². The molecule has 1 aliphatic rings. The van der Waals surface area contributed by atoms with Crippen molar-refractivity contribution >= 4 is 29.2 Å². The summed E-state index contributed by atoms with van der Waals surface area (Å²) in [5.41, 5.74) is 4.12. The van der Waals surface area contributed by atoms with E-state index in [-0.39, 0.29) is 24.1 Å². The van der Waals surface area contributed by atoms with Crippen molar-refractivity contribution in [1.82, 2.24) is 9.97 Å². The van der Waals surface area contributed by atoms with Gasteiger partial charge in [-0.2, -0.15) is 9.37 Å². The quantitative estimate of drug-likeness (QED) is 0.119. The van der Waals surface area contributed by atoms with E-state index in [0.29, 0.717) is 28.4 Å². The lowest BCUT2D eigenvalue weighted by molar-refractivity contribution is 0.0697. The molecule has 4 rings (SSSR count). The second-order valence-electron chi connectivity index (χ2n) is 14.6. The van der Waals surface area contributed by atoms with E-state index in [2.05, 4.69) is 74.7 Å². The molecule has 3 unspecified atom stereocenters. The molecule has 1 saturated carbocycles. The third-order valence-corrected chi connectivity index (χ3v) is 10.4. The number of carboxylic acid groups (broad SMARTS) is 1. The van der Waals surface area contributed by atoms with Crippen LogP contribution in [0.1, 0.15) is 134 Å². The fourth-order valence-corrected chi connectivity index (χ4v) is 6.69. The summed E-state index contributed by atoms with van der Waals surface area (Å²) in [4.78, 5) is 22.0. The zero-order valence-electron chi connectivity index (χ0n) is 32.9. The first kappa shape index (κ1) is 43.7. The molecule has 0 radical (unpaired) electrons. The lowest BCUT2D eigenvalue weighted by Gasteiger charge is -2.33. The molecule has 10 heteroatoms. The monoisotopic (exact) mass is 754 g/mol. The van der Waals surface area contributed by atoms with Crippen LogP contribution in [0, 0.1) is 36.3 Å². The van der Waals surface area contributed by atoms with Crippen LogP contribution in [-0.4, -0.2) is 33.6 Å². The Morgan fingerprint density at radius 2 is 1.83 bits per heavy atom. The first-order chi connectivity index (χ1) is 25.4. The number of rotatable bonds is 20. The van der Waals surface area contributed by atoms with Crippen molar-refractivity contribution in [3.63, 3.8) is 0 Å². The van der Waals surface area contributed by atoms with Crippen molar-refractivity contribution < 1.29 is 23.4 Å². The van der Waals surface area contributed by atoms with Gasteiger partial charge in [0.25, 0.3) is 5.88 Å². The number of aryl methyl sites for hydroxylation is 1. The Bertz CT molecular complexity index is 1620. The molecule has 1 heterocycles. The van der Waals surface area contributed by atoms with E-state index >= 15 is 0 Å². The number of carbonyl (C=O) groups is 1. The molecule has 3 atom stereocenters. The van der Waals surface area contributed by atoms with Crippen molar-refractivity contribution in [3.8, 4) is 5.88 Å². The molecule has 1 aromatic heterocycles. The number of nitrogens with zero attached hydrogens (tertiary/aromatic N) is 3. The van der Waals surface area contributed by atoms with Gasteiger partial charge >= 0.3 is 5.97 Å². The summed E-state index contributed by atoms with van der Waals surface area (Å²) in [7, 11) is 0. The summed E-state index contributed by atoms with van der Waals surface area (Å²) in [5.74, 6) is 0.149. The second-order valence-corrected chi connectivity index (χ2v) is 15.0. The molecule has 53 heavy (non-hydrogen) atoms. The predicted molar refractivity (Wildman–Crippen MR) is 214 cm³/mol. The normalized spacial score (nSPS) is 14.7. The Balaban J connectivity index is 0.000000286. The van der Waals surface area contributed by atoms with Gasteiger partial charge in [-0.1, -0.05) is 110 Å². The number of aromatic carboxylic acids is 1. The van der Waals surface area contributed by atoms with Gasteiger partial charge in [0, 0.05) is 34.6 Å². The minimum Gasteiger partial charge on any atom is -0.478 e. The first-order valence-corrected chi connectivity index (χ1v) is 19.9. The Hall–Kier alpha value is -3.72. The molecule has 2 N–H and O–H groups in total. The maximum Gasteiger partial charge on any atom is 0.335 e. The smallest absolute Gasteiger partial charge is 0.335 e. The number of aromatic nitrogens is 2. The van der Waals surface area contributed by atoms with Crippen LogP contribution in [0.4, 0.5) is 20.4 Å². The third-order valence-electron chi connectivity index (χ3n) is 10.1. The molecule has 3 aromatic rings. The Morgan fingerprint density at radius 3 is 2.43 bits per heavy atom. The zero-order chi connectivity index (χ0) is 38.9. The van der Waals surface area contributed by atoms with E-state index in [9.17, 15) is 18.7 Å². The summed E-state index contributed by atoms with van der Waals surface area (Å²) in [6.07, 6.45) is 16.2. The van der Waals surface area contributed by atoms with E-state index in [1.807, 2.05) is 12.1 Å². The van der Waals surface area contributed by atoms with Crippen LogP contribution in [0.3, 0.4) is 0 Å². The van der Waals surface area contributed by atoms with E-state index < -0.39 is 17.6 Å². The standard InChI is InChI=1S/C23H35NO2.C20H26ClF2N3O/c1-5-8-21(6-2)24(16-17(3)11-13-19-9-7-10-19)22-15-20(23(25)26)14-12-18(22)4;1-4-6-16(9-13(3)5-2)25-20-24-11-18(23)19(26-20)27-12-14-7-8-15(21)10-17(14)22/h8,12,14-15,17,19H,5-7,9-11,13,16H2,1-4H3,(H,25,26);7-8,10-11,13,16H,4-6,9,12H2,1-3H3,(H,24,25,26)/b21-8+;. The minimum absolute atomic E-state index is 0.151. The van der Waals surface area contributed by atoms with Crippen molar-refractivity contribution in [2.45, 2.75) is 132 Å². The van der Waals surface area contributed by atoms with Gasteiger partial charge in [0.05, 0.1) is 11.8 Å². The van der Waals surface area contributed by atoms with Crippen molar-refractivity contribution in [2.75, 3.05) is 16.8 Å². The third kappa shape index (κ3) is 14.2. The number of anilines is 2. The molecule has 0 aliphatic heterocycles. The fourth-order valence-electron chi connectivity index (χ4n) is 6.53. The van der Waals surface area contributed by atoms with E-state index in [4.69, 9.17) is 16.3 Å². The number of ether oxygens (including phenoxy) is 1. The lowest BCUT2D eigenvalue weighted by Crippen LogP contribution is -2.29. The molecule has 0 amide bonds. The van der Waals surface area contributed by atoms with Crippen LogP contribution in [-0.2, 0) is 6.61 Å². The van der Waals surface area contributed by atoms with E-state index in [1.54, 1.807) is 12.1 Å². The number of halogens is 3. The Labute approximate surface area is 321 Å². The highest BCUT2D eigenvalue weighted by atomic mass is 35.5. The fraction of sp³-hybridized carbons (Fsp3) is 0.558. The number of benzene rings is 2. The van der Waals surface area contributed by atoms with Gasteiger partial charge in [-0.25, -0.2) is 14.2 Å². The molecule has 0 spiro atoms. The number of hydrogen-bond donors (Lipinski definition) is 2. The van der Waals surface area contributed by atoms with Crippen molar-refractivity contribution in [2.24, 2.45) is 17.8 Å². The van der Waals surface area contributed by atoms with Crippen molar-refractivity contribution in [3.05, 3.63) is 87.7 Å². The van der Waals surface area contributed by atoms with Gasteiger partial charge in [0.2, 0.25) is 11.8 Å². The van der Waals surface area contributed by atoms with E-state index in [1.165, 1.54) is 49.9 Å². The van der Waals surface area contributed by atoms with Crippen LogP contribution in [0.5, 0.6) is 5.88 Å². The Kier molecular flexibility index (Phi) is 18.5. The molecular formula is C43H61ClF2N4O3. The van der Waals surface area contributed by atoms with Gasteiger partial charge in [-0.15, -0.1) is 0 Å². The number of allylic oxidation sites excluding steroid dienone is 2. The largest absolute Gasteiger partial charge is 0.478 e. The highest BCUT2D eigenvalue weighted by Crippen LogP contribution is 2.33. The average Bonchev–Trinajstić information content (AvgIpc) is 3.10. The van der Waals surface area contributed by atoms with Gasteiger partial charge in [-0.05, 0) is 86.6 Å². The maximum absolute atomic E-state index is 14.0. The van der Waals surface area contributed by atoms with Gasteiger partial charge in [0.1, 0.15) is 12.4 Å². The van der Waals surface area contributed by atoms with Gasteiger partial charge in [0.15, 0.2) is 0 Å². The van der Waals surface area contributed by atoms with E-state index in [0.717, 1.165) is 68.4 Å². The average molecular weight is 755 g/mol. The Morgan fingerprint density at radius 1 is 1.08 bits per heavy atom. The predicted octanol–water partition coefficient (Wildman–Crippen LogP) is 12.4. The lowest BCUT2D eigenvalue weighted by atomic mass is 9.80. The molecule has 1 fully saturated rings. The summed E-state index contributed by atoms with van der Waals surface area (Å²) >= 11 is 5.73. The first-order valence-electron chi connectivity index (χ1n) is 19.5. The molecule has 0 saturated heterocycles. The van der Waals surface area contributed by atoms with Crippen LogP contribution in [0.2, 0.25) is 5.02 Å². The molecule has 292 valence electrons. The van der Waals surface area contributed by atoms with Crippen LogP contribution in [0.25, 0.3) is 0 Å². The van der Waals surface area contributed by atoms with Gasteiger partial charge in [-0.3, -0.25) is 0 Å². The SMILES string of the molecule is CC/C=C(\CC)N(CC(C)CCC1CCC1)c1cc(C(=O)O)ccc1C.CCCC(CC(C)CC)Nc1ncc(F)c(OCc2ccc(Cl)cc2F)n1. The van der Waals surface area contributed by atoms with Crippen LogP contribution in [0.15, 0.2) is 54.4 Å². The summed E-state index contributed by atoms with van der Waals surface area (Å²) < 4.78 is 33.2. The zero-order valence-corrected chi connectivity index (χ0v) is 33.6. The molecule has 7 nitrogen and oxygen atoms in total. The summed E-state index contributed by atoms with van der Waals surface area (Å²) in [6.45, 7) is 16.0. The number of nitrogens with one attached hydrogen (secondary N) is 1. The summed E-state index contributed by atoms with van der Waals surface area (Å²) in [5, 5.41) is 13.0. The second kappa shape index (κ2) is 22.5. The topological polar surface area (TPSA) is 87.6 Å². The highest BCUT2D eigenvalue weighted by Gasteiger charge is 2.22. The number of hydrogen-bond acceptors (Lipinski definition) is 6.